The van der Waals surface area contributed by atoms with Crippen LogP contribution in [0, 0.1) is 0 Å². The van der Waals surface area contributed by atoms with E-state index < -0.39 is 0 Å². The van der Waals surface area contributed by atoms with Gasteiger partial charge in [-0.25, -0.2) is 0 Å². The Hall–Kier alpha value is -3.11. The first-order valence-corrected chi connectivity index (χ1v) is 8.60. The molecule has 25 heavy (non-hydrogen) atoms. The van der Waals surface area contributed by atoms with Gasteiger partial charge in [0.25, 0.3) is 0 Å². The molecule has 4 rings (SSSR count). The summed E-state index contributed by atoms with van der Waals surface area (Å²) >= 11 is 1.35. The number of phenolic OH excluding ortho intramolecular Hbond substituents is 2. The molecule has 1 heterocycles. The zero-order valence-corrected chi connectivity index (χ0v) is 14.0. The summed E-state index contributed by atoms with van der Waals surface area (Å²) in [5, 5.41) is 20.4. The Morgan fingerprint density at radius 3 is 2.32 bits per heavy atom. The third-order valence-electron chi connectivity index (χ3n) is 4.05. The van der Waals surface area contributed by atoms with Crippen LogP contribution in [0.5, 0.6) is 11.5 Å². The smallest absolute Gasteiger partial charge is 0.203 e. The molecule has 0 bridgehead atoms. The zero-order valence-electron chi connectivity index (χ0n) is 13.1. The molecule has 2 N–H and O–H groups in total. The maximum absolute atomic E-state index is 13.1. The van der Waals surface area contributed by atoms with Gasteiger partial charge in [0.2, 0.25) is 5.78 Å². The fraction of sp³-hybridized carbons (Fsp3) is 0. The van der Waals surface area contributed by atoms with E-state index in [4.69, 9.17) is 0 Å². The summed E-state index contributed by atoms with van der Waals surface area (Å²) in [6.45, 7) is 0. The van der Waals surface area contributed by atoms with E-state index in [-0.39, 0.29) is 17.3 Å². The van der Waals surface area contributed by atoms with Crippen molar-refractivity contribution < 1.29 is 15.0 Å². The lowest BCUT2D eigenvalue weighted by Crippen LogP contribution is -2.00. The number of benzene rings is 3. The molecule has 1 aromatic heterocycles. The van der Waals surface area contributed by atoms with E-state index in [1.807, 2.05) is 36.4 Å². The molecular weight excluding hydrogens is 332 g/mol. The van der Waals surface area contributed by atoms with Crippen molar-refractivity contribution in [3.05, 3.63) is 83.2 Å². The quantitative estimate of drug-likeness (QED) is 0.501. The summed E-state index contributed by atoms with van der Waals surface area (Å²) in [7, 11) is 0. The Bertz CT molecular complexity index is 1080. The highest BCUT2D eigenvalue weighted by molar-refractivity contribution is 7.21. The van der Waals surface area contributed by atoms with E-state index in [0.717, 1.165) is 21.2 Å². The number of hydrogen-bond acceptors (Lipinski definition) is 4. The molecule has 0 aliphatic heterocycles. The van der Waals surface area contributed by atoms with Crippen LogP contribution in [0.2, 0.25) is 0 Å². The second-order valence-corrected chi connectivity index (χ2v) is 6.78. The van der Waals surface area contributed by atoms with E-state index in [1.165, 1.54) is 23.5 Å². The van der Waals surface area contributed by atoms with Gasteiger partial charge in [0.1, 0.15) is 11.5 Å². The summed E-state index contributed by atoms with van der Waals surface area (Å²) in [6, 6.07) is 21.2. The molecule has 0 saturated carbocycles. The molecule has 0 unspecified atom stereocenters. The van der Waals surface area contributed by atoms with Gasteiger partial charge in [0.05, 0.1) is 4.88 Å². The van der Waals surface area contributed by atoms with Crippen molar-refractivity contribution in [1.82, 2.24) is 0 Å². The molecule has 0 aliphatic carbocycles. The Labute approximate surface area is 148 Å². The highest BCUT2D eigenvalue weighted by Crippen LogP contribution is 2.41. The van der Waals surface area contributed by atoms with Gasteiger partial charge in [-0.1, -0.05) is 42.5 Å². The lowest BCUT2D eigenvalue weighted by Gasteiger charge is -2.05. The summed E-state index contributed by atoms with van der Waals surface area (Å²) in [5.74, 6) is 0.0889. The molecular formula is C21H14O3S. The van der Waals surface area contributed by atoms with Gasteiger partial charge in [0, 0.05) is 21.2 Å². The molecule has 0 radical (unpaired) electrons. The molecule has 3 aromatic carbocycles. The maximum atomic E-state index is 13.1. The summed E-state index contributed by atoms with van der Waals surface area (Å²) < 4.78 is 0.849. The summed E-state index contributed by atoms with van der Waals surface area (Å²) in [5.41, 5.74) is 2.24. The largest absolute Gasteiger partial charge is 0.508 e. The average Bonchev–Trinajstić information content (AvgIpc) is 3.00. The van der Waals surface area contributed by atoms with E-state index in [1.54, 1.807) is 24.3 Å². The highest BCUT2D eigenvalue weighted by atomic mass is 32.1. The number of hydrogen-bond donors (Lipinski definition) is 2. The number of rotatable bonds is 3. The third kappa shape index (κ3) is 2.77. The standard InChI is InChI=1S/C21H14O3S/c22-15-8-4-7-14(11-15)20(24)21-19(13-5-2-1-3-6-13)17-10-9-16(23)12-18(17)25-21/h1-12,22-23H. The molecule has 4 aromatic rings. The van der Waals surface area contributed by atoms with E-state index in [2.05, 4.69) is 0 Å². The van der Waals surface area contributed by atoms with Crippen LogP contribution in [0.15, 0.2) is 72.8 Å². The van der Waals surface area contributed by atoms with Crippen LogP contribution in [0.4, 0.5) is 0 Å². The molecule has 122 valence electrons. The first-order valence-electron chi connectivity index (χ1n) is 7.78. The van der Waals surface area contributed by atoms with Gasteiger partial charge in [-0.15, -0.1) is 11.3 Å². The lowest BCUT2D eigenvalue weighted by atomic mass is 9.98. The minimum atomic E-state index is -0.143. The van der Waals surface area contributed by atoms with Gasteiger partial charge in [-0.05, 0) is 35.9 Å². The predicted molar refractivity (Wildman–Crippen MR) is 100 cm³/mol. The Kier molecular flexibility index (Phi) is 3.75. The monoisotopic (exact) mass is 346 g/mol. The average molecular weight is 346 g/mol. The number of carbonyl (C=O) groups excluding carboxylic acids is 1. The van der Waals surface area contributed by atoms with Crippen LogP contribution in [0.25, 0.3) is 21.2 Å². The molecule has 3 nitrogen and oxygen atoms in total. The van der Waals surface area contributed by atoms with Crippen LogP contribution < -0.4 is 0 Å². The fourth-order valence-electron chi connectivity index (χ4n) is 2.91. The molecule has 0 fully saturated rings. The van der Waals surface area contributed by atoms with Gasteiger partial charge in [-0.2, -0.15) is 0 Å². The third-order valence-corrected chi connectivity index (χ3v) is 5.20. The Morgan fingerprint density at radius 2 is 1.56 bits per heavy atom. The molecule has 0 aliphatic rings. The van der Waals surface area contributed by atoms with Crippen molar-refractivity contribution in [3.8, 4) is 22.6 Å². The lowest BCUT2D eigenvalue weighted by molar-refractivity contribution is 0.104. The van der Waals surface area contributed by atoms with Gasteiger partial charge in [-0.3, -0.25) is 4.79 Å². The van der Waals surface area contributed by atoms with Crippen LogP contribution in [-0.4, -0.2) is 16.0 Å². The number of phenols is 2. The van der Waals surface area contributed by atoms with E-state index in [0.29, 0.717) is 10.4 Å². The van der Waals surface area contributed by atoms with Gasteiger partial charge in [0.15, 0.2) is 0 Å². The van der Waals surface area contributed by atoms with Gasteiger partial charge >= 0.3 is 0 Å². The van der Waals surface area contributed by atoms with Crippen molar-refractivity contribution in [3.63, 3.8) is 0 Å². The number of ketones is 1. The van der Waals surface area contributed by atoms with Crippen LogP contribution >= 0.6 is 11.3 Å². The Morgan fingerprint density at radius 1 is 0.800 bits per heavy atom. The first kappa shape index (κ1) is 15.4. The fourth-order valence-corrected chi connectivity index (χ4v) is 4.13. The predicted octanol–water partition coefficient (Wildman–Crippen LogP) is 5.21. The zero-order chi connectivity index (χ0) is 17.4. The van der Waals surface area contributed by atoms with Crippen molar-refractivity contribution in [2.45, 2.75) is 0 Å². The SMILES string of the molecule is O=C(c1cccc(O)c1)c1sc2cc(O)ccc2c1-c1ccccc1. The summed E-state index contributed by atoms with van der Waals surface area (Å²) in [4.78, 5) is 13.7. The van der Waals surface area contributed by atoms with Crippen LogP contribution in [-0.2, 0) is 0 Å². The second kappa shape index (κ2) is 6.07. The number of fused-ring (bicyclic) bond motifs is 1. The van der Waals surface area contributed by atoms with Crippen molar-refractivity contribution in [1.29, 1.82) is 0 Å². The second-order valence-electron chi connectivity index (χ2n) is 5.73. The minimum Gasteiger partial charge on any atom is -0.508 e. The molecule has 0 spiro atoms. The van der Waals surface area contributed by atoms with Crippen LogP contribution in [0.1, 0.15) is 15.2 Å². The first-order chi connectivity index (χ1) is 12.1. The number of carbonyl (C=O) groups is 1. The number of thiophene rings is 1. The number of aromatic hydroxyl groups is 2. The normalized spacial score (nSPS) is 10.9. The molecule has 0 saturated heterocycles. The molecule has 4 heteroatoms. The van der Waals surface area contributed by atoms with E-state index >= 15 is 0 Å². The van der Waals surface area contributed by atoms with Crippen molar-refractivity contribution in [2.24, 2.45) is 0 Å². The van der Waals surface area contributed by atoms with E-state index in [9.17, 15) is 15.0 Å². The highest BCUT2D eigenvalue weighted by Gasteiger charge is 2.21. The molecule has 0 amide bonds. The van der Waals surface area contributed by atoms with Crippen molar-refractivity contribution in [2.75, 3.05) is 0 Å². The summed E-state index contributed by atoms with van der Waals surface area (Å²) in [6.07, 6.45) is 0. The topological polar surface area (TPSA) is 57.5 Å². The van der Waals surface area contributed by atoms with Crippen LogP contribution in [0.3, 0.4) is 0 Å². The maximum Gasteiger partial charge on any atom is 0.203 e. The van der Waals surface area contributed by atoms with Crippen molar-refractivity contribution >= 4 is 27.2 Å². The minimum absolute atomic E-state index is 0.0610. The Balaban J connectivity index is 1.98. The molecule has 0 atom stereocenters. The van der Waals surface area contributed by atoms with Gasteiger partial charge < -0.3 is 10.2 Å².